The molecule has 0 saturated heterocycles. The van der Waals surface area contributed by atoms with Crippen molar-refractivity contribution in [2.24, 2.45) is 0 Å². The number of nitrogens with one attached hydrogen (secondary N) is 1. The summed E-state index contributed by atoms with van der Waals surface area (Å²) < 4.78 is 12.2. The standard InChI is InChI=1S/C7H9FN2.2ClH/c1-9-4-6-2-3-7(8)10-5-6;;/h2-3,5,9H,4H2,1H3;2*1H. The van der Waals surface area contributed by atoms with Crippen LogP contribution in [0.15, 0.2) is 18.3 Å². The average molecular weight is 213 g/mol. The molecule has 1 aromatic heterocycles. The Kier molecular flexibility index (Phi) is 8.59. The molecule has 1 N–H and O–H groups in total. The molecule has 2 nitrogen and oxygen atoms in total. The van der Waals surface area contributed by atoms with Crippen LogP contribution in [-0.4, -0.2) is 12.0 Å². The Morgan fingerprint density at radius 1 is 1.42 bits per heavy atom. The van der Waals surface area contributed by atoms with Gasteiger partial charge in [0.1, 0.15) is 0 Å². The molecule has 0 unspecified atom stereocenters. The number of hydrogen-bond donors (Lipinski definition) is 1. The predicted molar refractivity (Wildman–Crippen MR) is 51.5 cm³/mol. The molecule has 0 aliphatic heterocycles. The first-order chi connectivity index (χ1) is 4.83. The minimum absolute atomic E-state index is 0. The number of pyridine rings is 1. The first-order valence-electron chi connectivity index (χ1n) is 3.08. The number of nitrogens with zero attached hydrogens (tertiary/aromatic N) is 1. The molecule has 1 aromatic rings. The highest BCUT2D eigenvalue weighted by atomic mass is 35.5. The van der Waals surface area contributed by atoms with Crippen LogP contribution in [0.5, 0.6) is 0 Å². The number of hydrogen-bond acceptors (Lipinski definition) is 2. The first kappa shape index (κ1) is 14.2. The minimum Gasteiger partial charge on any atom is -0.316 e. The van der Waals surface area contributed by atoms with Gasteiger partial charge in [0.25, 0.3) is 0 Å². The predicted octanol–water partition coefficient (Wildman–Crippen LogP) is 1.78. The molecule has 5 heteroatoms. The molecule has 12 heavy (non-hydrogen) atoms. The topological polar surface area (TPSA) is 24.9 Å². The SMILES string of the molecule is CNCc1ccc(F)nc1.Cl.Cl. The normalized spacial score (nSPS) is 8.17. The third kappa shape index (κ3) is 4.49. The van der Waals surface area contributed by atoms with Gasteiger partial charge < -0.3 is 5.32 Å². The zero-order valence-electron chi connectivity index (χ0n) is 6.58. The van der Waals surface area contributed by atoms with Crippen LogP contribution in [0.1, 0.15) is 5.56 Å². The maximum Gasteiger partial charge on any atom is 0.212 e. The Hall–Kier alpha value is -0.380. The van der Waals surface area contributed by atoms with Crippen molar-refractivity contribution in [3.63, 3.8) is 0 Å². The Bertz CT molecular complexity index is 203. The maximum atomic E-state index is 12.2. The van der Waals surface area contributed by atoms with E-state index in [4.69, 9.17) is 0 Å². The van der Waals surface area contributed by atoms with Gasteiger partial charge in [0.2, 0.25) is 5.95 Å². The monoisotopic (exact) mass is 212 g/mol. The summed E-state index contributed by atoms with van der Waals surface area (Å²) in [4.78, 5) is 3.49. The molecule has 70 valence electrons. The molecule has 0 saturated carbocycles. The third-order valence-electron chi connectivity index (χ3n) is 1.17. The number of halogens is 3. The second-order valence-electron chi connectivity index (χ2n) is 2.02. The van der Waals surface area contributed by atoms with Gasteiger partial charge >= 0.3 is 0 Å². The summed E-state index contributed by atoms with van der Waals surface area (Å²) in [6.07, 6.45) is 1.52. The quantitative estimate of drug-likeness (QED) is 0.757. The summed E-state index contributed by atoms with van der Waals surface area (Å²) >= 11 is 0. The fraction of sp³-hybridized carbons (Fsp3) is 0.286. The fourth-order valence-electron chi connectivity index (χ4n) is 0.715. The Morgan fingerprint density at radius 2 is 2.08 bits per heavy atom. The van der Waals surface area contributed by atoms with Gasteiger partial charge in [-0.05, 0) is 18.7 Å². The van der Waals surface area contributed by atoms with Crippen molar-refractivity contribution < 1.29 is 4.39 Å². The van der Waals surface area contributed by atoms with Crippen molar-refractivity contribution in [1.29, 1.82) is 0 Å². The van der Waals surface area contributed by atoms with E-state index in [0.717, 1.165) is 12.1 Å². The molecule has 0 amide bonds. The molecule has 0 aromatic carbocycles. The van der Waals surface area contributed by atoms with Gasteiger partial charge in [0.15, 0.2) is 0 Å². The largest absolute Gasteiger partial charge is 0.316 e. The first-order valence-corrected chi connectivity index (χ1v) is 3.08. The highest BCUT2D eigenvalue weighted by Gasteiger charge is 1.91. The Labute approximate surface area is 83.4 Å². The molecule has 0 atom stereocenters. The van der Waals surface area contributed by atoms with E-state index in [2.05, 4.69) is 10.3 Å². The Balaban J connectivity index is 0. The van der Waals surface area contributed by atoms with Crippen LogP contribution in [0, 0.1) is 5.95 Å². The number of rotatable bonds is 2. The average Bonchev–Trinajstić information content (AvgIpc) is 1.95. The van der Waals surface area contributed by atoms with Crippen molar-refractivity contribution in [1.82, 2.24) is 10.3 Å². The van der Waals surface area contributed by atoms with Gasteiger partial charge in [-0.25, -0.2) is 4.98 Å². The molecule has 1 heterocycles. The second-order valence-corrected chi connectivity index (χ2v) is 2.02. The third-order valence-corrected chi connectivity index (χ3v) is 1.17. The maximum absolute atomic E-state index is 12.2. The van der Waals surface area contributed by atoms with Crippen LogP contribution in [-0.2, 0) is 6.54 Å². The zero-order chi connectivity index (χ0) is 7.40. The van der Waals surface area contributed by atoms with Gasteiger partial charge in [0.05, 0.1) is 0 Å². The molecule has 0 aliphatic carbocycles. The van der Waals surface area contributed by atoms with Crippen LogP contribution in [0.25, 0.3) is 0 Å². The minimum atomic E-state index is -0.431. The lowest BCUT2D eigenvalue weighted by atomic mass is 10.3. The number of aromatic nitrogens is 1. The summed E-state index contributed by atoms with van der Waals surface area (Å²) in [5.41, 5.74) is 0.990. The van der Waals surface area contributed by atoms with E-state index in [-0.39, 0.29) is 24.8 Å². The van der Waals surface area contributed by atoms with Crippen LogP contribution in [0.3, 0.4) is 0 Å². The van der Waals surface area contributed by atoms with E-state index in [1.54, 1.807) is 6.07 Å². The summed E-state index contributed by atoms with van der Waals surface area (Å²) in [5.74, 6) is -0.431. The molecular formula is C7H11Cl2FN2. The van der Waals surface area contributed by atoms with E-state index < -0.39 is 5.95 Å². The molecule has 1 rings (SSSR count). The van der Waals surface area contributed by atoms with Gasteiger partial charge in [-0.3, -0.25) is 0 Å². The smallest absolute Gasteiger partial charge is 0.212 e. The van der Waals surface area contributed by atoms with Crippen LogP contribution in [0.2, 0.25) is 0 Å². The van der Waals surface area contributed by atoms with Crippen molar-refractivity contribution in [2.45, 2.75) is 6.54 Å². The van der Waals surface area contributed by atoms with E-state index in [1.165, 1.54) is 12.3 Å². The van der Waals surface area contributed by atoms with Gasteiger partial charge in [0, 0.05) is 12.7 Å². The lowest BCUT2D eigenvalue weighted by Crippen LogP contribution is -2.05. The molecule has 0 bridgehead atoms. The summed E-state index contributed by atoms with van der Waals surface area (Å²) in [6, 6.07) is 3.06. The van der Waals surface area contributed by atoms with E-state index in [9.17, 15) is 4.39 Å². The molecule has 0 radical (unpaired) electrons. The molecule has 0 aliphatic rings. The molecule has 0 fully saturated rings. The van der Waals surface area contributed by atoms with E-state index in [1.807, 2.05) is 7.05 Å². The highest BCUT2D eigenvalue weighted by molar-refractivity contribution is 5.85. The summed E-state index contributed by atoms with van der Waals surface area (Å²) in [5, 5.41) is 2.94. The van der Waals surface area contributed by atoms with Crippen molar-refractivity contribution in [3.05, 3.63) is 29.8 Å². The van der Waals surface area contributed by atoms with Crippen LogP contribution < -0.4 is 5.32 Å². The van der Waals surface area contributed by atoms with Crippen LogP contribution in [0.4, 0.5) is 4.39 Å². The van der Waals surface area contributed by atoms with E-state index in [0.29, 0.717) is 0 Å². The van der Waals surface area contributed by atoms with Gasteiger partial charge in [-0.15, -0.1) is 24.8 Å². The summed E-state index contributed by atoms with van der Waals surface area (Å²) in [6.45, 7) is 0.729. The van der Waals surface area contributed by atoms with Crippen LogP contribution >= 0.6 is 24.8 Å². The van der Waals surface area contributed by atoms with Crippen molar-refractivity contribution >= 4 is 24.8 Å². The highest BCUT2D eigenvalue weighted by Crippen LogP contribution is 1.97. The second kappa shape index (κ2) is 7.28. The van der Waals surface area contributed by atoms with Gasteiger partial charge in [-0.1, -0.05) is 6.07 Å². The lowest BCUT2D eigenvalue weighted by Gasteiger charge is -1.96. The van der Waals surface area contributed by atoms with Crippen molar-refractivity contribution in [2.75, 3.05) is 7.05 Å². The fourth-order valence-corrected chi connectivity index (χ4v) is 0.715. The Morgan fingerprint density at radius 3 is 2.50 bits per heavy atom. The van der Waals surface area contributed by atoms with E-state index >= 15 is 0 Å². The lowest BCUT2D eigenvalue weighted by molar-refractivity contribution is 0.581. The molecular weight excluding hydrogens is 202 g/mol. The van der Waals surface area contributed by atoms with Crippen molar-refractivity contribution in [3.8, 4) is 0 Å². The van der Waals surface area contributed by atoms with Gasteiger partial charge in [-0.2, -0.15) is 4.39 Å². The zero-order valence-corrected chi connectivity index (χ0v) is 8.21. The summed E-state index contributed by atoms with van der Waals surface area (Å²) in [7, 11) is 1.84. The molecule has 0 spiro atoms.